The highest BCUT2D eigenvalue weighted by molar-refractivity contribution is 7.09. The van der Waals surface area contributed by atoms with Gasteiger partial charge in [0.15, 0.2) is 0 Å². The Balaban J connectivity index is 2.57. The molecule has 0 aromatic carbocycles. The Kier molecular flexibility index (Phi) is 7.70. The maximum Gasteiger partial charge on any atom is 0.0798 e. The van der Waals surface area contributed by atoms with Crippen LogP contribution in [0.25, 0.3) is 0 Å². The largest absolute Gasteiger partial charge is 0.316 e. The maximum absolute atomic E-state index is 4.35. The summed E-state index contributed by atoms with van der Waals surface area (Å²) < 4.78 is 0. The Morgan fingerprint density at radius 2 is 2.00 bits per heavy atom. The Labute approximate surface area is 128 Å². The van der Waals surface area contributed by atoms with Gasteiger partial charge in [0.05, 0.1) is 11.2 Å². The quantitative estimate of drug-likeness (QED) is 0.668. The van der Waals surface area contributed by atoms with Crippen LogP contribution in [0.2, 0.25) is 0 Å². The highest BCUT2D eigenvalue weighted by Gasteiger charge is 2.27. The van der Waals surface area contributed by atoms with Crippen molar-refractivity contribution in [2.45, 2.75) is 53.5 Å². The molecule has 116 valence electrons. The molecule has 0 bridgehead atoms. The molecule has 1 heterocycles. The van der Waals surface area contributed by atoms with E-state index in [0.29, 0.717) is 5.41 Å². The molecule has 0 aliphatic heterocycles. The van der Waals surface area contributed by atoms with Gasteiger partial charge in [-0.3, -0.25) is 0 Å². The average Bonchev–Trinajstić information content (AvgIpc) is 2.83. The molecule has 0 spiro atoms. The highest BCUT2D eigenvalue weighted by atomic mass is 32.1. The van der Waals surface area contributed by atoms with E-state index in [1.807, 2.05) is 5.51 Å². The molecule has 0 radical (unpaired) electrons. The van der Waals surface area contributed by atoms with Crippen molar-refractivity contribution in [3.8, 4) is 0 Å². The van der Waals surface area contributed by atoms with Crippen LogP contribution in [0.5, 0.6) is 0 Å². The molecule has 0 unspecified atom stereocenters. The molecule has 0 fully saturated rings. The molecule has 4 heteroatoms. The summed E-state index contributed by atoms with van der Waals surface area (Å²) in [6, 6.07) is 0. The summed E-state index contributed by atoms with van der Waals surface area (Å²) >= 11 is 1.77. The zero-order valence-corrected chi connectivity index (χ0v) is 14.6. The number of nitrogens with one attached hydrogen (secondary N) is 1. The molecule has 1 N–H and O–H groups in total. The van der Waals surface area contributed by atoms with Gasteiger partial charge in [0.25, 0.3) is 0 Å². The normalized spacial score (nSPS) is 12.3. The van der Waals surface area contributed by atoms with E-state index in [-0.39, 0.29) is 0 Å². The SMILES string of the molecule is CCCNCC(CC)(CC)CN(C)Cc1scnc1C. The van der Waals surface area contributed by atoms with E-state index in [1.165, 1.54) is 29.8 Å². The van der Waals surface area contributed by atoms with Gasteiger partial charge in [0, 0.05) is 24.5 Å². The number of hydrogen-bond donors (Lipinski definition) is 1. The van der Waals surface area contributed by atoms with E-state index in [0.717, 1.165) is 26.2 Å². The van der Waals surface area contributed by atoms with E-state index in [9.17, 15) is 0 Å². The summed E-state index contributed by atoms with van der Waals surface area (Å²) in [7, 11) is 2.24. The molecule has 0 aliphatic carbocycles. The average molecular weight is 298 g/mol. The van der Waals surface area contributed by atoms with Crippen LogP contribution in [0.15, 0.2) is 5.51 Å². The molecule has 0 saturated carbocycles. The van der Waals surface area contributed by atoms with E-state index < -0.39 is 0 Å². The van der Waals surface area contributed by atoms with E-state index in [4.69, 9.17) is 0 Å². The topological polar surface area (TPSA) is 28.2 Å². The first-order valence-corrected chi connectivity index (χ1v) is 8.73. The lowest BCUT2D eigenvalue weighted by molar-refractivity contribution is 0.151. The fourth-order valence-electron chi connectivity index (χ4n) is 2.66. The second kappa shape index (κ2) is 8.75. The fourth-order valence-corrected chi connectivity index (χ4v) is 3.52. The Morgan fingerprint density at radius 1 is 1.30 bits per heavy atom. The Morgan fingerprint density at radius 3 is 2.50 bits per heavy atom. The summed E-state index contributed by atoms with van der Waals surface area (Å²) in [5.41, 5.74) is 3.53. The summed E-state index contributed by atoms with van der Waals surface area (Å²) in [6.45, 7) is 13.4. The van der Waals surface area contributed by atoms with Gasteiger partial charge in [0.1, 0.15) is 0 Å². The van der Waals surface area contributed by atoms with Gasteiger partial charge in [-0.25, -0.2) is 4.98 Å². The third-order valence-electron chi connectivity index (χ3n) is 4.29. The standard InChI is InChI=1S/C16H31N3S/c1-6-9-17-11-16(7-2,8-3)12-19(5)10-15-14(4)18-13-20-15/h13,17H,6-12H2,1-5H3. The monoisotopic (exact) mass is 297 g/mol. The minimum absolute atomic E-state index is 0.391. The van der Waals surface area contributed by atoms with Crippen LogP contribution >= 0.6 is 11.3 Å². The fraction of sp³-hybridized carbons (Fsp3) is 0.812. The minimum atomic E-state index is 0.391. The summed E-state index contributed by atoms with van der Waals surface area (Å²) in [5, 5.41) is 3.62. The zero-order valence-electron chi connectivity index (χ0n) is 13.8. The van der Waals surface area contributed by atoms with Gasteiger partial charge in [0.2, 0.25) is 0 Å². The summed E-state index contributed by atoms with van der Waals surface area (Å²) in [4.78, 5) is 8.20. The molecule has 0 atom stereocenters. The lowest BCUT2D eigenvalue weighted by atomic mass is 9.81. The number of nitrogens with zero attached hydrogens (tertiary/aromatic N) is 2. The van der Waals surface area contributed by atoms with Gasteiger partial charge in [-0.1, -0.05) is 20.8 Å². The molecule has 0 amide bonds. The number of rotatable bonds is 10. The first-order valence-electron chi connectivity index (χ1n) is 7.85. The van der Waals surface area contributed by atoms with Crippen LogP contribution in [0.3, 0.4) is 0 Å². The van der Waals surface area contributed by atoms with Crippen LogP contribution in [-0.2, 0) is 6.54 Å². The van der Waals surface area contributed by atoms with Crippen molar-refractivity contribution in [3.63, 3.8) is 0 Å². The minimum Gasteiger partial charge on any atom is -0.316 e. The van der Waals surface area contributed by atoms with Gasteiger partial charge < -0.3 is 10.2 Å². The second-order valence-corrected chi connectivity index (χ2v) is 6.86. The number of aryl methyl sites for hydroxylation is 1. The third kappa shape index (κ3) is 5.15. The number of aromatic nitrogens is 1. The molecular formula is C16H31N3S. The highest BCUT2D eigenvalue weighted by Crippen LogP contribution is 2.27. The van der Waals surface area contributed by atoms with Crippen LogP contribution in [0.1, 0.15) is 50.6 Å². The predicted octanol–water partition coefficient (Wildman–Crippen LogP) is 3.69. The van der Waals surface area contributed by atoms with Crippen molar-refractivity contribution in [2.24, 2.45) is 5.41 Å². The molecule has 20 heavy (non-hydrogen) atoms. The lowest BCUT2D eigenvalue weighted by Gasteiger charge is -2.36. The van der Waals surface area contributed by atoms with Gasteiger partial charge in [-0.2, -0.15) is 0 Å². The van der Waals surface area contributed by atoms with Crippen molar-refractivity contribution in [1.29, 1.82) is 0 Å². The molecule has 0 saturated heterocycles. The first kappa shape index (κ1) is 17.6. The van der Waals surface area contributed by atoms with Crippen LogP contribution < -0.4 is 5.32 Å². The van der Waals surface area contributed by atoms with Crippen LogP contribution in [-0.4, -0.2) is 36.6 Å². The predicted molar refractivity (Wildman–Crippen MR) is 89.4 cm³/mol. The van der Waals surface area contributed by atoms with Crippen LogP contribution in [0.4, 0.5) is 0 Å². The van der Waals surface area contributed by atoms with Gasteiger partial charge in [-0.05, 0) is 45.2 Å². The molecule has 0 aliphatic rings. The van der Waals surface area contributed by atoms with Crippen LogP contribution in [0, 0.1) is 12.3 Å². The van der Waals surface area contributed by atoms with E-state index in [2.05, 4.69) is 49.9 Å². The smallest absolute Gasteiger partial charge is 0.0798 e. The molecule has 1 aromatic rings. The number of hydrogen-bond acceptors (Lipinski definition) is 4. The van der Waals surface area contributed by atoms with E-state index >= 15 is 0 Å². The third-order valence-corrected chi connectivity index (χ3v) is 5.21. The van der Waals surface area contributed by atoms with Gasteiger partial charge >= 0.3 is 0 Å². The van der Waals surface area contributed by atoms with Crippen molar-refractivity contribution in [3.05, 3.63) is 16.1 Å². The molecule has 1 aromatic heterocycles. The molecule has 3 nitrogen and oxygen atoms in total. The second-order valence-electron chi connectivity index (χ2n) is 5.92. The number of thiazole rings is 1. The van der Waals surface area contributed by atoms with Crippen molar-refractivity contribution in [1.82, 2.24) is 15.2 Å². The summed E-state index contributed by atoms with van der Waals surface area (Å²) in [5.74, 6) is 0. The zero-order chi connectivity index (χ0) is 15.0. The molecule has 1 rings (SSSR count). The van der Waals surface area contributed by atoms with Crippen molar-refractivity contribution >= 4 is 11.3 Å². The first-order chi connectivity index (χ1) is 9.56. The molecular weight excluding hydrogens is 266 g/mol. The van der Waals surface area contributed by atoms with Crippen molar-refractivity contribution in [2.75, 3.05) is 26.7 Å². The Bertz CT molecular complexity index is 372. The maximum atomic E-state index is 4.35. The van der Waals surface area contributed by atoms with Crippen molar-refractivity contribution < 1.29 is 0 Å². The van der Waals surface area contributed by atoms with E-state index in [1.54, 1.807) is 11.3 Å². The Hall–Kier alpha value is -0.450. The summed E-state index contributed by atoms with van der Waals surface area (Å²) in [6.07, 6.45) is 3.66. The van der Waals surface area contributed by atoms with Gasteiger partial charge in [-0.15, -0.1) is 11.3 Å². The lowest BCUT2D eigenvalue weighted by Crippen LogP contribution is -2.42.